The Morgan fingerprint density at radius 3 is 2.42 bits per heavy atom. The summed E-state index contributed by atoms with van der Waals surface area (Å²) in [6.45, 7) is 3.93. The van der Waals surface area contributed by atoms with Crippen molar-refractivity contribution < 1.29 is 9.59 Å². The molecule has 1 saturated carbocycles. The molecule has 19 heavy (non-hydrogen) atoms. The van der Waals surface area contributed by atoms with E-state index in [0.717, 1.165) is 22.0 Å². The maximum atomic E-state index is 12.8. The van der Waals surface area contributed by atoms with Crippen LogP contribution >= 0.6 is 15.9 Å². The minimum Gasteiger partial charge on any atom is -0.299 e. The third kappa shape index (κ3) is 1.90. The molecule has 3 atom stereocenters. The molecule has 1 spiro atoms. The van der Waals surface area contributed by atoms with Gasteiger partial charge in [0.05, 0.1) is 0 Å². The van der Waals surface area contributed by atoms with Gasteiger partial charge in [-0.15, -0.1) is 0 Å². The summed E-state index contributed by atoms with van der Waals surface area (Å²) in [6, 6.07) is 5.96. The van der Waals surface area contributed by atoms with Gasteiger partial charge in [0.15, 0.2) is 5.78 Å². The van der Waals surface area contributed by atoms with Crippen LogP contribution in [0.5, 0.6) is 0 Å². The van der Waals surface area contributed by atoms with Gasteiger partial charge in [0.1, 0.15) is 5.78 Å². The highest BCUT2D eigenvalue weighted by Gasteiger charge is 2.51. The van der Waals surface area contributed by atoms with Gasteiger partial charge in [-0.1, -0.05) is 35.8 Å². The van der Waals surface area contributed by atoms with Gasteiger partial charge in [0.2, 0.25) is 0 Å². The second-order valence-electron chi connectivity index (χ2n) is 6.20. The van der Waals surface area contributed by atoms with Crippen LogP contribution in [-0.2, 0) is 11.2 Å². The molecule has 3 heteroatoms. The largest absolute Gasteiger partial charge is 0.299 e. The zero-order valence-electron chi connectivity index (χ0n) is 11.2. The van der Waals surface area contributed by atoms with Crippen LogP contribution in [0, 0.1) is 17.3 Å². The minimum absolute atomic E-state index is 0.00505. The van der Waals surface area contributed by atoms with E-state index in [9.17, 15) is 9.59 Å². The summed E-state index contributed by atoms with van der Waals surface area (Å²) in [6.07, 6.45) is 2.22. The quantitative estimate of drug-likeness (QED) is 0.728. The first-order chi connectivity index (χ1) is 8.93. The van der Waals surface area contributed by atoms with Crippen LogP contribution in [0.3, 0.4) is 0 Å². The lowest BCUT2D eigenvalue weighted by atomic mass is 9.64. The fourth-order valence-electron chi connectivity index (χ4n) is 3.92. The van der Waals surface area contributed by atoms with Crippen LogP contribution in [0.2, 0.25) is 0 Å². The molecule has 1 aromatic rings. The summed E-state index contributed by atoms with van der Waals surface area (Å²) in [4.78, 5) is 24.8. The second-order valence-corrected chi connectivity index (χ2v) is 7.12. The molecule has 0 unspecified atom stereocenters. The predicted molar refractivity (Wildman–Crippen MR) is 77.2 cm³/mol. The number of carbonyl (C=O) groups excluding carboxylic acids is 2. The van der Waals surface area contributed by atoms with Crippen LogP contribution < -0.4 is 0 Å². The highest BCUT2D eigenvalue weighted by molar-refractivity contribution is 9.10. The third-order valence-corrected chi connectivity index (χ3v) is 5.19. The fourth-order valence-corrected chi connectivity index (χ4v) is 4.28. The van der Waals surface area contributed by atoms with Crippen LogP contribution in [-0.4, -0.2) is 11.6 Å². The Morgan fingerprint density at radius 1 is 1.16 bits per heavy atom. The van der Waals surface area contributed by atoms with Gasteiger partial charge in [-0.3, -0.25) is 9.59 Å². The van der Waals surface area contributed by atoms with Crippen molar-refractivity contribution in [2.75, 3.05) is 0 Å². The number of fused-ring (bicyclic) bond motifs is 1. The Labute approximate surface area is 121 Å². The van der Waals surface area contributed by atoms with E-state index in [2.05, 4.69) is 15.9 Å². The van der Waals surface area contributed by atoms with Crippen molar-refractivity contribution in [2.45, 2.75) is 33.1 Å². The number of benzene rings is 1. The number of rotatable bonds is 0. The topological polar surface area (TPSA) is 34.1 Å². The lowest BCUT2D eigenvalue weighted by Gasteiger charge is -2.37. The van der Waals surface area contributed by atoms with Gasteiger partial charge < -0.3 is 0 Å². The van der Waals surface area contributed by atoms with Crippen LogP contribution in [0.15, 0.2) is 22.7 Å². The molecule has 0 radical (unpaired) electrons. The first-order valence-corrected chi connectivity index (χ1v) is 7.59. The van der Waals surface area contributed by atoms with E-state index in [1.54, 1.807) is 0 Å². The van der Waals surface area contributed by atoms with E-state index in [-0.39, 0.29) is 23.0 Å². The Morgan fingerprint density at radius 2 is 1.79 bits per heavy atom. The van der Waals surface area contributed by atoms with E-state index in [1.165, 1.54) is 0 Å². The summed E-state index contributed by atoms with van der Waals surface area (Å²) in [5.41, 5.74) is 1.67. The first-order valence-electron chi connectivity index (χ1n) is 6.80. The number of carbonyl (C=O) groups is 2. The lowest BCUT2D eigenvalue weighted by Crippen LogP contribution is -2.41. The first kappa shape index (κ1) is 13.0. The normalized spacial score (nSPS) is 33.8. The van der Waals surface area contributed by atoms with Gasteiger partial charge in [-0.05, 0) is 37.0 Å². The standard InChI is InChI=1S/C16H17BrO2/c1-9-6-16(7-10(2)14(9)18)8-11-3-4-12(17)5-13(11)15(16)19/h3-5,9-10H,6-8H2,1-2H3/t9-,10+,16+. The van der Waals surface area contributed by atoms with Crippen molar-refractivity contribution in [3.05, 3.63) is 33.8 Å². The van der Waals surface area contributed by atoms with E-state index in [4.69, 9.17) is 0 Å². The van der Waals surface area contributed by atoms with Gasteiger partial charge in [0.25, 0.3) is 0 Å². The molecule has 0 heterocycles. The third-order valence-electron chi connectivity index (χ3n) is 4.69. The van der Waals surface area contributed by atoms with E-state index in [0.29, 0.717) is 18.6 Å². The molecule has 100 valence electrons. The molecule has 0 N–H and O–H groups in total. The van der Waals surface area contributed by atoms with Crippen molar-refractivity contribution >= 4 is 27.5 Å². The number of hydrogen-bond acceptors (Lipinski definition) is 2. The van der Waals surface area contributed by atoms with Crippen molar-refractivity contribution in [1.82, 2.24) is 0 Å². The van der Waals surface area contributed by atoms with Gasteiger partial charge >= 0.3 is 0 Å². The Hall–Kier alpha value is -0.960. The maximum absolute atomic E-state index is 12.8. The monoisotopic (exact) mass is 320 g/mol. The summed E-state index contributed by atoms with van der Waals surface area (Å²) in [7, 11) is 0. The molecule has 0 aromatic heterocycles. The summed E-state index contributed by atoms with van der Waals surface area (Å²) in [5.74, 6) is 0.571. The van der Waals surface area contributed by atoms with Gasteiger partial charge in [0, 0.05) is 27.3 Å². The molecule has 0 amide bonds. The Bertz CT molecular complexity index is 562. The Kier molecular flexibility index (Phi) is 2.93. The molecule has 1 fully saturated rings. The van der Waals surface area contributed by atoms with Crippen LogP contribution in [0.4, 0.5) is 0 Å². The van der Waals surface area contributed by atoms with Gasteiger partial charge in [-0.25, -0.2) is 0 Å². The second kappa shape index (κ2) is 4.27. The number of Topliss-reactive ketones (excluding diaryl/α,β-unsaturated/α-hetero) is 2. The predicted octanol–water partition coefficient (Wildman–Crippen LogP) is 3.81. The molecule has 2 nitrogen and oxygen atoms in total. The Balaban J connectivity index is 2.01. The number of halogens is 1. The fraction of sp³-hybridized carbons (Fsp3) is 0.500. The number of ketones is 2. The summed E-state index contributed by atoms with van der Waals surface area (Å²) in [5, 5.41) is 0. The minimum atomic E-state index is -0.324. The van der Waals surface area contributed by atoms with Crippen molar-refractivity contribution in [3.8, 4) is 0 Å². The molecule has 0 saturated heterocycles. The average Bonchev–Trinajstić information content (AvgIpc) is 2.60. The maximum Gasteiger partial charge on any atom is 0.169 e. The van der Waals surface area contributed by atoms with E-state index >= 15 is 0 Å². The molecule has 1 aromatic carbocycles. The molecular weight excluding hydrogens is 304 g/mol. The smallest absolute Gasteiger partial charge is 0.169 e. The van der Waals surface area contributed by atoms with E-state index in [1.807, 2.05) is 32.0 Å². The summed E-state index contributed by atoms with van der Waals surface area (Å²) < 4.78 is 0.949. The highest BCUT2D eigenvalue weighted by atomic mass is 79.9. The van der Waals surface area contributed by atoms with Crippen LogP contribution in [0.25, 0.3) is 0 Å². The lowest BCUT2D eigenvalue weighted by molar-refractivity contribution is -0.130. The van der Waals surface area contributed by atoms with Crippen molar-refractivity contribution in [1.29, 1.82) is 0 Å². The number of hydrogen-bond donors (Lipinski definition) is 0. The van der Waals surface area contributed by atoms with Crippen molar-refractivity contribution in [2.24, 2.45) is 17.3 Å². The van der Waals surface area contributed by atoms with Gasteiger partial charge in [-0.2, -0.15) is 0 Å². The SMILES string of the molecule is C[C@@H]1C[C@@]2(Cc3ccc(Br)cc3C2=O)C[C@H](C)C1=O. The molecule has 2 aliphatic rings. The van der Waals surface area contributed by atoms with Crippen molar-refractivity contribution in [3.63, 3.8) is 0 Å². The molecule has 0 aliphatic heterocycles. The highest BCUT2D eigenvalue weighted by Crippen LogP contribution is 2.49. The van der Waals surface area contributed by atoms with E-state index < -0.39 is 0 Å². The molecular formula is C16H17BrO2. The molecule has 3 rings (SSSR count). The summed E-state index contributed by atoms with van der Waals surface area (Å²) >= 11 is 3.43. The zero-order valence-corrected chi connectivity index (χ0v) is 12.8. The average molecular weight is 321 g/mol. The molecule has 2 aliphatic carbocycles. The zero-order chi connectivity index (χ0) is 13.8. The molecule has 0 bridgehead atoms. The van der Waals surface area contributed by atoms with Crippen LogP contribution in [0.1, 0.15) is 42.6 Å².